The molecule has 0 N–H and O–H groups in total. The molecule has 0 unspecified atom stereocenters. The van der Waals surface area contributed by atoms with Gasteiger partial charge >= 0.3 is 6.43 Å². The first-order chi connectivity index (χ1) is 16.4. The SMILES string of the molecule is CC(=O)N(c1ccccn1)[C@@H]1CCCC[C@H]1N1Cc2ccc(-c3nnc(C(F)F)o3)cc2C1=O. The van der Waals surface area contributed by atoms with Gasteiger partial charge in [-0.1, -0.05) is 25.0 Å². The number of fused-ring (bicyclic) bond motifs is 1. The van der Waals surface area contributed by atoms with E-state index in [9.17, 15) is 18.4 Å². The van der Waals surface area contributed by atoms with Crippen LogP contribution in [0.25, 0.3) is 11.5 Å². The second-order valence-electron chi connectivity index (χ2n) is 8.55. The number of benzene rings is 1. The van der Waals surface area contributed by atoms with Crippen molar-refractivity contribution in [3.8, 4) is 11.5 Å². The standard InChI is InChI=1S/C24H23F2N5O3/c1-14(32)31(20-8-4-5-11-27-20)19-7-3-2-6-18(19)30-13-16-10-9-15(12-17(16)24(30)33)22-28-29-23(34-22)21(25)26/h4-5,8-12,18-19,21H,2-3,6-7,13H2,1H3/t18-,19-/m1/s1. The molecule has 2 aromatic heterocycles. The van der Waals surface area contributed by atoms with Crippen molar-refractivity contribution >= 4 is 17.6 Å². The van der Waals surface area contributed by atoms with Gasteiger partial charge in [-0.05, 0) is 42.7 Å². The van der Waals surface area contributed by atoms with Crippen molar-refractivity contribution in [1.29, 1.82) is 0 Å². The second kappa shape index (κ2) is 8.92. The van der Waals surface area contributed by atoms with Crippen LogP contribution in [0.5, 0.6) is 0 Å². The fraction of sp³-hybridized carbons (Fsp3) is 0.375. The maximum atomic E-state index is 13.5. The summed E-state index contributed by atoms with van der Waals surface area (Å²) in [6.45, 7) is 1.93. The Balaban J connectivity index is 1.44. The summed E-state index contributed by atoms with van der Waals surface area (Å²) in [4.78, 5) is 34.0. The Morgan fingerprint density at radius 3 is 2.71 bits per heavy atom. The van der Waals surface area contributed by atoms with Crippen molar-refractivity contribution in [3.63, 3.8) is 0 Å². The van der Waals surface area contributed by atoms with Crippen LogP contribution in [0.15, 0.2) is 47.0 Å². The highest BCUT2D eigenvalue weighted by atomic mass is 19.3. The highest BCUT2D eigenvalue weighted by Gasteiger charge is 2.41. The van der Waals surface area contributed by atoms with E-state index in [1.165, 1.54) is 6.92 Å². The fourth-order valence-electron chi connectivity index (χ4n) is 4.98. The monoisotopic (exact) mass is 467 g/mol. The van der Waals surface area contributed by atoms with Crippen molar-refractivity contribution in [1.82, 2.24) is 20.1 Å². The van der Waals surface area contributed by atoms with E-state index in [-0.39, 0.29) is 29.8 Å². The van der Waals surface area contributed by atoms with E-state index in [4.69, 9.17) is 4.42 Å². The molecule has 1 fully saturated rings. The molecule has 176 valence electrons. The van der Waals surface area contributed by atoms with Gasteiger partial charge in [0.2, 0.25) is 11.8 Å². The van der Waals surface area contributed by atoms with E-state index in [2.05, 4.69) is 15.2 Å². The highest BCUT2D eigenvalue weighted by molar-refractivity contribution is 6.00. The van der Waals surface area contributed by atoms with Gasteiger partial charge in [0, 0.05) is 30.8 Å². The maximum absolute atomic E-state index is 13.5. The molecule has 0 spiro atoms. The molecule has 8 nitrogen and oxygen atoms in total. The number of carbonyl (C=O) groups is 2. The predicted molar refractivity (Wildman–Crippen MR) is 118 cm³/mol. The van der Waals surface area contributed by atoms with Crippen molar-refractivity contribution in [2.24, 2.45) is 0 Å². The lowest BCUT2D eigenvalue weighted by molar-refractivity contribution is -0.117. The Morgan fingerprint density at radius 2 is 2.00 bits per heavy atom. The molecule has 2 amide bonds. The van der Waals surface area contributed by atoms with Crippen LogP contribution in [0.4, 0.5) is 14.6 Å². The predicted octanol–water partition coefficient (Wildman–Crippen LogP) is 4.39. The van der Waals surface area contributed by atoms with E-state index in [1.54, 1.807) is 41.4 Å². The van der Waals surface area contributed by atoms with E-state index in [0.29, 0.717) is 23.5 Å². The van der Waals surface area contributed by atoms with Gasteiger partial charge in [-0.2, -0.15) is 8.78 Å². The number of aromatic nitrogens is 3. The van der Waals surface area contributed by atoms with Crippen LogP contribution >= 0.6 is 0 Å². The third kappa shape index (κ3) is 3.93. The molecular formula is C24H23F2N5O3. The minimum atomic E-state index is -2.86. The molecule has 1 aliphatic carbocycles. The van der Waals surface area contributed by atoms with Crippen molar-refractivity contribution in [2.75, 3.05) is 4.90 Å². The largest absolute Gasteiger partial charge is 0.415 e. The topological polar surface area (TPSA) is 92.4 Å². The third-order valence-corrected chi connectivity index (χ3v) is 6.48. The van der Waals surface area contributed by atoms with Gasteiger partial charge in [0.25, 0.3) is 11.8 Å². The van der Waals surface area contributed by atoms with E-state index in [0.717, 1.165) is 31.2 Å². The highest BCUT2D eigenvalue weighted by Crippen LogP contribution is 2.36. The Hall–Kier alpha value is -3.69. The average Bonchev–Trinajstić information content (AvgIpc) is 3.46. The summed E-state index contributed by atoms with van der Waals surface area (Å²) in [7, 11) is 0. The normalized spacial score (nSPS) is 20.0. The van der Waals surface area contributed by atoms with Gasteiger partial charge in [0.1, 0.15) is 5.82 Å². The molecule has 0 radical (unpaired) electrons. The Bertz CT molecular complexity index is 1220. The zero-order chi connectivity index (χ0) is 23.8. The summed E-state index contributed by atoms with van der Waals surface area (Å²) in [6.07, 6.45) is 2.25. The van der Waals surface area contributed by atoms with Crippen LogP contribution in [0.3, 0.4) is 0 Å². The first-order valence-corrected chi connectivity index (χ1v) is 11.2. The lowest BCUT2D eigenvalue weighted by Crippen LogP contribution is -2.55. The van der Waals surface area contributed by atoms with Crippen molar-refractivity contribution in [3.05, 3.63) is 59.6 Å². The fourth-order valence-corrected chi connectivity index (χ4v) is 4.98. The second-order valence-corrected chi connectivity index (χ2v) is 8.55. The zero-order valence-electron chi connectivity index (χ0n) is 18.5. The van der Waals surface area contributed by atoms with Crippen LogP contribution in [-0.2, 0) is 11.3 Å². The Morgan fingerprint density at radius 1 is 1.18 bits per heavy atom. The van der Waals surface area contributed by atoms with E-state index < -0.39 is 12.3 Å². The van der Waals surface area contributed by atoms with Gasteiger partial charge in [0.05, 0.1) is 12.1 Å². The summed E-state index contributed by atoms with van der Waals surface area (Å²) in [6, 6.07) is 10.2. The van der Waals surface area contributed by atoms with Crippen molar-refractivity contribution < 1.29 is 22.8 Å². The van der Waals surface area contributed by atoms with Gasteiger partial charge in [0.15, 0.2) is 0 Å². The molecular weight excluding hydrogens is 444 g/mol. The summed E-state index contributed by atoms with van der Waals surface area (Å²) < 4.78 is 30.7. The summed E-state index contributed by atoms with van der Waals surface area (Å²) in [5.41, 5.74) is 1.72. The van der Waals surface area contributed by atoms with Crippen LogP contribution in [0.1, 0.15) is 60.8 Å². The molecule has 2 aliphatic rings. The van der Waals surface area contributed by atoms with Crippen LogP contribution in [-0.4, -0.2) is 44.0 Å². The van der Waals surface area contributed by atoms with Gasteiger partial charge in [-0.15, -0.1) is 10.2 Å². The molecule has 34 heavy (non-hydrogen) atoms. The van der Waals surface area contributed by atoms with E-state index in [1.807, 2.05) is 11.0 Å². The third-order valence-electron chi connectivity index (χ3n) is 6.48. The number of anilines is 1. The molecule has 1 saturated carbocycles. The quantitative estimate of drug-likeness (QED) is 0.553. The number of carbonyl (C=O) groups excluding carboxylic acids is 2. The van der Waals surface area contributed by atoms with Crippen molar-refractivity contribution in [2.45, 2.75) is 57.7 Å². The summed E-state index contributed by atoms with van der Waals surface area (Å²) in [5, 5.41) is 7.04. The number of hydrogen-bond donors (Lipinski definition) is 0. The molecule has 3 heterocycles. The number of hydrogen-bond acceptors (Lipinski definition) is 6. The number of halogens is 2. The molecule has 0 bridgehead atoms. The minimum absolute atomic E-state index is 0.0576. The zero-order valence-corrected chi connectivity index (χ0v) is 18.5. The molecule has 3 aromatic rings. The van der Waals surface area contributed by atoms with E-state index >= 15 is 0 Å². The Kier molecular flexibility index (Phi) is 5.80. The summed E-state index contributed by atoms with van der Waals surface area (Å²) >= 11 is 0. The molecule has 5 rings (SSSR count). The summed E-state index contributed by atoms with van der Waals surface area (Å²) in [5.74, 6) is -0.519. The number of alkyl halides is 2. The maximum Gasteiger partial charge on any atom is 0.314 e. The van der Waals surface area contributed by atoms with Gasteiger partial charge in [-0.25, -0.2) is 4.98 Å². The number of pyridine rings is 1. The smallest absolute Gasteiger partial charge is 0.314 e. The number of rotatable bonds is 5. The molecule has 0 saturated heterocycles. The van der Waals surface area contributed by atoms with Gasteiger partial charge < -0.3 is 9.32 Å². The average molecular weight is 467 g/mol. The van der Waals surface area contributed by atoms with Gasteiger partial charge in [-0.3, -0.25) is 14.5 Å². The number of amides is 2. The molecule has 1 aliphatic heterocycles. The molecule has 1 aromatic carbocycles. The first-order valence-electron chi connectivity index (χ1n) is 11.2. The first kappa shape index (κ1) is 22.1. The van der Waals surface area contributed by atoms with Crippen LogP contribution in [0.2, 0.25) is 0 Å². The molecule has 10 heteroatoms. The lowest BCUT2D eigenvalue weighted by atomic mass is 9.87. The molecule has 2 atom stereocenters. The Labute approximate surface area is 194 Å². The van der Waals surface area contributed by atoms with Crippen LogP contribution < -0.4 is 4.90 Å². The van der Waals surface area contributed by atoms with Crippen LogP contribution in [0, 0.1) is 0 Å². The number of nitrogens with zero attached hydrogens (tertiary/aromatic N) is 5. The minimum Gasteiger partial charge on any atom is -0.415 e. The lowest BCUT2D eigenvalue weighted by Gasteiger charge is -2.43.